The summed E-state index contributed by atoms with van der Waals surface area (Å²) in [6, 6.07) is 24.5. The van der Waals surface area contributed by atoms with Crippen molar-refractivity contribution < 1.29 is 14.3 Å². The summed E-state index contributed by atoms with van der Waals surface area (Å²) in [5.41, 5.74) is 5.15. The molecule has 1 aliphatic carbocycles. The zero-order valence-electron chi connectivity index (χ0n) is 18.2. The third-order valence-electron chi connectivity index (χ3n) is 6.37. The highest BCUT2D eigenvalue weighted by Gasteiger charge is 2.39. The van der Waals surface area contributed by atoms with Crippen LogP contribution >= 0.6 is 0 Å². The van der Waals surface area contributed by atoms with E-state index in [1.54, 1.807) is 0 Å². The number of esters is 1. The lowest BCUT2D eigenvalue weighted by atomic mass is 9.76. The van der Waals surface area contributed by atoms with Crippen LogP contribution < -0.4 is 10.1 Å². The molecule has 162 valence electrons. The smallest absolute Gasteiger partial charge is 0.338 e. The van der Waals surface area contributed by atoms with Crippen molar-refractivity contribution in [3.05, 3.63) is 107 Å². The highest BCUT2D eigenvalue weighted by molar-refractivity contribution is 5.90. The van der Waals surface area contributed by atoms with Gasteiger partial charge in [-0.3, -0.25) is 0 Å². The molecule has 5 rings (SSSR count). The van der Waals surface area contributed by atoms with Crippen molar-refractivity contribution in [2.45, 2.75) is 31.9 Å². The third-order valence-corrected chi connectivity index (χ3v) is 6.37. The number of nitrogens with one attached hydrogen (secondary N) is 1. The summed E-state index contributed by atoms with van der Waals surface area (Å²) in [6.07, 6.45) is 5.52. The van der Waals surface area contributed by atoms with Gasteiger partial charge in [0.2, 0.25) is 0 Å². The molecule has 0 amide bonds. The first-order valence-electron chi connectivity index (χ1n) is 11.2. The Kier molecular flexibility index (Phi) is 5.68. The van der Waals surface area contributed by atoms with Gasteiger partial charge in [-0.2, -0.15) is 0 Å². The zero-order chi connectivity index (χ0) is 21.9. The van der Waals surface area contributed by atoms with Crippen LogP contribution in [0.25, 0.3) is 0 Å². The molecule has 4 nitrogen and oxygen atoms in total. The minimum atomic E-state index is -0.268. The Morgan fingerprint density at radius 3 is 2.66 bits per heavy atom. The second kappa shape index (κ2) is 8.91. The van der Waals surface area contributed by atoms with Crippen molar-refractivity contribution in [3.8, 4) is 5.75 Å². The number of fused-ring (bicyclic) bond motifs is 3. The van der Waals surface area contributed by atoms with E-state index in [4.69, 9.17) is 9.47 Å². The summed E-state index contributed by atoms with van der Waals surface area (Å²) in [6.45, 7) is 2.74. The molecule has 0 radical (unpaired) electrons. The summed E-state index contributed by atoms with van der Waals surface area (Å²) in [5, 5.41) is 3.75. The Hall–Kier alpha value is -3.53. The third kappa shape index (κ3) is 3.89. The van der Waals surface area contributed by atoms with Crippen LogP contribution in [0.1, 0.15) is 52.4 Å². The minimum absolute atomic E-state index is 0.128. The highest BCUT2D eigenvalue weighted by Crippen LogP contribution is 2.51. The Labute approximate surface area is 188 Å². The van der Waals surface area contributed by atoms with Gasteiger partial charge >= 0.3 is 5.97 Å². The summed E-state index contributed by atoms with van der Waals surface area (Å²) in [4.78, 5) is 12.3. The predicted molar refractivity (Wildman–Crippen MR) is 126 cm³/mol. The molecule has 1 N–H and O–H groups in total. The van der Waals surface area contributed by atoms with E-state index >= 15 is 0 Å². The van der Waals surface area contributed by atoms with E-state index in [2.05, 4.69) is 47.8 Å². The number of anilines is 1. The molecule has 3 aromatic rings. The second-order valence-corrected chi connectivity index (χ2v) is 8.31. The SMILES string of the molecule is CCOC(=O)c1ccc2c(c1)[C@H]1C=CC[C@@H]1[C@@H](c1ccccc1OCc1ccccc1)N2. The molecule has 0 aromatic heterocycles. The van der Waals surface area contributed by atoms with Crippen molar-refractivity contribution in [1.29, 1.82) is 0 Å². The predicted octanol–water partition coefficient (Wildman–Crippen LogP) is 6.27. The number of hydrogen-bond acceptors (Lipinski definition) is 4. The normalized spacial score (nSPS) is 20.7. The minimum Gasteiger partial charge on any atom is -0.489 e. The lowest BCUT2D eigenvalue weighted by molar-refractivity contribution is 0.0526. The number of carbonyl (C=O) groups is 1. The van der Waals surface area contributed by atoms with E-state index in [0.29, 0.717) is 24.7 Å². The Balaban J connectivity index is 1.45. The van der Waals surface area contributed by atoms with Crippen molar-refractivity contribution in [3.63, 3.8) is 0 Å². The van der Waals surface area contributed by atoms with Crippen LogP contribution in [0, 0.1) is 5.92 Å². The average molecular weight is 426 g/mol. The lowest BCUT2D eigenvalue weighted by Gasteiger charge is -2.38. The molecule has 3 aromatic carbocycles. The van der Waals surface area contributed by atoms with Gasteiger partial charge in [0.25, 0.3) is 0 Å². The molecular formula is C28H27NO3. The number of para-hydroxylation sites is 1. The Morgan fingerprint density at radius 1 is 1.00 bits per heavy atom. The van der Waals surface area contributed by atoms with Gasteiger partial charge in [0.05, 0.1) is 18.2 Å². The van der Waals surface area contributed by atoms with E-state index in [-0.39, 0.29) is 17.9 Å². The quantitative estimate of drug-likeness (QED) is 0.374. The Bertz CT molecular complexity index is 1140. The van der Waals surface area contributed by atoms with E-state index in [1.165, 1.54) is 5.56 Å². The lowest BCUT2D eigenvalue weighted by Crippen LogP contribution is -2.29. The molecule has 1 aliphatic heterocycles. The number of benzene rings is 3. The van der Waals surface area contributed by atoms with E-state index in [0.717, 1.165) is 29.0 Å². The summed E-state index contributed by atoms with van der Waals surface area (Å²) >= 11 is 0. The van der Waals surface area contributed by atoms with Gasteiger partial charge in [0.15, 0.2) is 0 Å². The van der Waals surface area contributed by atoms with Gasteiger partial charge < -0.3 is 14.8 Å². The molecule has 4 heteroatoms. The molecule has 0 saturated heterocycles. The van der Waals surface area contributed by atoms with Crippen LogP contribution in [0.4, 0.5) is 5.69 Å². The fourth-order valence-electron chi connectivity index (χ4n) is 4.85. The van der Waals surface area contributed by atoms with Crippen LogP contribution in [0.5, 0.6) is 5.75 Å². The molecule has 0 fully saturated rings. The maximum atomic E-state index is 12.3. The molecule has 2 aliphatic rings. The van der Waals surface area contributed by atoms with E-state index < -0.39 is 0 Å². The van der Waals surface area contributed by atoms with Gasteiger partial charge in [0, 0.05) is 17.2 Å². The van der Waals surface area contributed by atoms with Crippen LogP contribution in [-0.4, -0.2) is 12.6 Å². The molecule has 1 heterocycles. The molecule has 0 bridgehead atoms. The number of ether oxygens (including phenoxy) is 2. The summed E-state index contributed by atoms with van der Waals surface area (Å²) < 4.78 is 11.5. The van der Waals surface area contributed by atoms with Crippen LogP contribution in [0.15, 0.2) is 84.9 Å². The zero-order valence-corrected chi connectivity index (χ0v) is 18.2. The topological polar surface area (TPSA) is 47.6 Å². The molecule has 32 heavy (non-hydrogen) atoms. The second-order valence-electron chi connectivity index (χ2n) is 8.31. The van der Waals surface area contributed by atoms with Gasteiger partial charge in [-0.1, -0.05) is 60.7 Å². The number of rotatable bonds is 6. The number of allylic oxidation sites excluding steroid dienone is 2. The Morgan fingerprint density at radius 2 is 1.81 bits per heavy atom. The molecule has 0 spiro atoms. The molecular weight excluding hydrogens is 398 g/mol. The summed E-state index contributed by atoms with van der Waals surface area (Å²) in [7, 11) is 0. The van der Waals surface area contributed by atoms with Crippen molar-refractivity contribution in [1.82, 2.24) is 0 Å². The summed E-state index contributed by atoms with van der Waals surface area (Å²) in [5.74, 6) is 1.26. The largest absolute Gasteiger partial charge is 0.489 e. The van der Waals surface area contributed by atoms with Gasteiger partial charge in [-0.15, -0.1) is 0 Å². The van der Waals surface area contributed by atoms with Crippen molar-refractivity contribution in [2.75, 3.05) is 11.9 Å². The maximum absolute atomic E-state index is 12.3. The monoisotopic (exact) mass is 425 g/mol. The molecule has 0 saturated carbocycles. The van der Waals surface area contributed by atoms with Gasteiger partial charge in [0.1, 0.15) is 12.4 Å². The van der Waals surface area contributed by atoms with Gasteiger partial charge in [-0.05, 0) is 54.7 Å². The number of hydrogen-bond donors (Lipinski definition) is 1. The first-order chi connectivity index (χ1) is 15.7. The highest BCUT2D eigenvalue weighted by atomic mass is 16.5. The van der Waals surface area contributed by atoms with Crippen molar-refractivity contribution >= 4 is 11.7 Å². The standard InChI is InChI=1S/C28H27NO3/c1-2-31-28(30)20-15-16-25-24(17-20)21-12-8-13-22(21)27(29-25)23-11-6-7-14-26(23)32-18-19-9-4-3-5-10-19/h3-12,14-17,21-22,27,29H,2,13,18H2,1H3/t21-,22-,27-/m0/s1. The van der Waals surface area contributed by atoms with Crippen LogP contribution in [0.3, 0.4) is 0 Å². The van der Waals surface area contributed by atoms with Gasteiger partial charge in [-0.25, -0.2) is 4.79 Å². The molecule has 3 atom stereocenters. The fourth-order valence-corrected chi connectivity index (χ4v) is 4.85. The maximum Gasteiger partial charge on any atom is 0.338 e. The first kappa shape index (κ1) is 20.4. The fraction of sp³-hybridized carbons (Fsp3) is 0.250. The van der Waals surface area contributed by atoms with Crippen LogP contribution in [0.2, 0.25) is 0 Å². The average Bonchev–Trinajstić information content (AvgIpc) is 3.33. The first-order valence-corrected chi connectivity index (χ1v) is 11.2. The van der Waals surface area contributed by atoms with E-state index in [9.17, 15) is 4.79 Å². The van der Waals surface area contributed by atoms with Crippen molar-refractivity contribution in [2.24, 2.45) is 5.92 Å². The number of carbonyl (C=O) groups excluding carboxylic acids is 1. The molecule has 0 unspecified atom stereocenters. The van der Waals surface area contributed by atoms with E-state index in [1.807, 2.05) is 49.4 Å². The van der Waals surface area contributed by atoms with Crippen LogP contribution in [-0.2, 0) is 11.3 Å².